The van der Waals surface area contributed by atoms with Gasteiger partial charge in [-0.3, -0.25) is 0 Å². The maximum atomic E-state index is 13.2. The quantitative estimate of drug-likeness (QED) is 0.759. The highest BCUT2D eigenvalue weighted by Crippen LogP contribution is 2.37. The van der Waals surface area contributed by atoms with Gasteiger partial charge in [-0.05, 0) is 48.9 Å². The van der Waals surface area contributed by atoms with Gasteiger partial charge in [0, 0.05) is 23.1 Å². The molecule has 0 radical (unpaired) electrons. The molecule has 3 rings (SSSR count). The van der Waals surface area contributed by atoms with Crippen molar-refractivity contribution in [2.75, 3.05) is 0 Å². The zero-order valence-corrected chi connectivity index (χ0v) is 9.04. The van der Waals surface area contributed by atoms with E-state index < -0.39 is 0 Å². The SMILES string of the molecule is N[C@H]1CC[C@@H](c2c[nH]c3ccc(F)cc23)C1. The molecular formula is C13H15FN2. The molecular weight excluding hydrogens is 203 g/mol. The second-order valence-corrected chi connectivity index (χ2v) is 4.70. The lowest BCUT2D eigenvalue weighted by Gasteiger charge is -2.07. The molecule has 1 fully saturated rings. The molecule has 1 aliphatic rings. The first-order valence-electron chi connectivity index (χ1n) is 5.76. The molecule has 84 valence electrons. The lowest BCUT2D eigenvalue weighted by molar-refractivity contribution is 0.629. The third kappa shape index (κ3) is 1.52. The molecule has 0 aliphatic heterocycles. The Bertz CT molecular complexity index is 518. The number of hydrogen-bond donors (Lipinski definition) is 2. The van der Waals surface area contributed by atoms with Crippen molar-refractivity contribution >= 4 is 10.9 Å². The summed E-state index contributed by atoms with van der Waals surface area (Å²) in [4.78, 5) is 3.20. The van der Waals surface area contributed by atoms with Crippen LogP contribution in [0.5, 0.6) is 0 Å². The van der Waals surface area contributed by atoms with Gasteiger partial charge in [0.1, 0.15) is 5.82 Å². The molecule has 2 aromatic rings. The van der Waals surface area contributed by atoms with E-state index in [2.05, 4.69) is 4.98 Å². The molecule has 0 bridgehead atoms. The molecule has 2 atom stereocenters. The fraction of sp³-hybridized carbons (Fsp3) is 0.385. The largest absolute Gasteiger partial charge is 0.361 e. The van der Waals surface area contributed by atoms with Crippen molar-refractivity contribution in [1.82, 2.24) is 4.98 Å². The van der Waals surface area contributed by atoms with Crippen LogP contribution in [0.25, 0.3) is 10.9 Å². The van der Waals surface area contributed by atoms with Gasteiger partial charge in [-0.15, -0.1) is 0 Å². The van der Waals surface area contributed by atoms with Crippen LogP contribution >= 0.6 is 0 Å². The first-order valence-corrected chi connectivity index (χ1v) is 5.76. The Morgan fingerprint density at radius 2 is 2.19 bits per heavy atom. The summed E-state index contributed by atoms with van der Waals surface area (Å²) in [6, 6.07) is 5.21. The summed E-state index contributed by atoms with van der Waals surface area (Å²) in [6.07, 6.45) is 5.22. The Hall–Kier alpha value is -1.35. The molecule has 3 heteroatoms. The molecule has 1 aromatic carbocycles. The molecule has 16 heavy (non-hydrogen) atoms. The zero-order chi connectivity index (χ0) is 11.1. The van der Waals surface area contributed by atoms with Crippen LogP contribution in [-0.2, 0) is 0 Å². The summed E-state index contributed by atoms with van der Waals surface area (Å²) < 4.78 is 13.2. The molecule has 0 unspecified atom stereocenters. The molecule has 0 spiro atoms. The summed E-state index contributed by atoms with van der Waals surface area (Å²) in [6.45, 7) is 0. The monoisotopic (exact) mass is 218 g/mol. The third-order valence-electron chi connectivity index (χ3n) is 3.59. The van der Waals surface area contributed by atoms with E-state index in [9.17, 15) is 4.39 Å². The molecule has 1 aromatic heterocycles. The number of halogens is 1. The van der Waals surface area contributed by atoms with Gasteiger partial charge in [0.2, 0.25) is 0 Å². The van der Waals surface area contributed by atoms with E-state index in [0.717, 1.165) is 30.2 Å². The minimum Gasteiger partial charge on any atom is -0.361 e. The first kappa shape index (κ1) is 9.85. The highest BCUT2D eigenvalue weighted by atomic mass is 19.1. The van der Waals surface area contributed by atoms with Gasteiger partial charge in [0.15, 0.2) is 0 Å². The minimum atomic E-state index is -0.171. The first-order chi connectivity index (χ1) is 7.74. The average Bonchev–Trinajstić information content (AvgIpc) is 2.83. The van der Waals surface area contributed by atoms with E-state index in [4.69, 9.17) is 5.73 Å². The van der Waals surface area contributed by atoms with Crippen LogP contribution in [-0.4, -0.2) is 11.0 Å². The standard InChI is InChI=1S/C13H15FN2/c14-9-2-4-13-11(6-9)12(7-16-13)8-1-3-10(15)5-8/h2,4,6-8,10,16H,1,3,5,15H2/t8-,10+/m1/s1. The predicted molar refractivity (Wildman–Crippen MR) is 62.8 cm³/mol. The predicted octanol–water partition coefficient (Wildman–Crippen LogP) is 2.90. The summed E-state index contributed by atoms with van der Waals surface area (Å²) in [5.74, 6) is 0.321. The van der Waals surface area contributed by atoms with Crippen LogP contribution in [0.4, 0.5) is 4.39 Å². The van der Waals surface area contributed by atoms with Crippen LogP contribution in [0.1, 0.15) is 30.7 Å². The van der Waals surface area contributed by atoms with Gasteiger partial charge in [-0.25, -0.2) is 4.39 Å². The average molecular weight is 218 g/mol. The molecule has 0 amide bonds. The van der Waals surface area contributed by atoms with E-state index in [1.807, 2.05) is 6.20 Å². The van der Waals surface area contributed by atoms with E-state index in [0.29, 0.717) is 12.0 Å². The topological polar surface area (TPSA) is 41.8 Å². The molecule has 3 N–H and O–H groups in total. The van der Waals surface area contributed by atoms with Gasteiger partial charge in [0.05, 0.1) is 0 Å². The number of benzene rings is 1. The van der Waals surface area contributed by atoms with Gasteiger partial charge >= 0.3 is 0 Å². The number of rotatable bonds is 1. The number of aromatic nitrogens is 1. The summed E-state index contributed by atoms with van der Waals surface area (Å²) in [5.41, 5.74) is 8.16. The van der Waals surface area contributed by atoms with Crippen LogP contribution < -0.4 is 5.73 Å². The molecule has 1 aliphatic carbocycles. The van der Waals surface area contributed by atoms with Crippen LogP contribution in [0.15, 0.2) is 24.4 Å². The summed E-state index contributed by atoms with van der Waals surface area (Å²) in [5, 5.41) is 1.01. The smallest absolute Gasteiger partial charge is 0.123 e. The fourth-order valence-corrected chi connectivity index (χ4v) is 2.75. The van der Waals surface area contributed by atoms with Crippen LogP contribution in [0.2, 0.25) is 0 Å². The normalized spacial score (nSPS) is 25.4. The minimum absolute atomic E-state index is 0.171. The highest BCUT2D eigenvalue weighted by Gasteiger charge is 2.25. The maximum Gasteiger partial charge on any atom is 0.123 e. The van der Waals surface area contributed by atoms with Gasteiger partial charge in [-0.1, -0.05) is 0 Å². The molecule has 1 heterocycles. The number of hydrogen-bond acceptors (Lipinski definition) is 1. The van der Waals surface area contributed by atoms with E-state index in [1.54, 1.807) is 12.1 Å². The number of aromatic amines is 1. The molecule has 0 saturated heterocycles. The number of nitrogens with two attached hydrogens (primary N) is 1. The van der Waals surface area contributed by atoms with Crippen molar-refractivity contribution in [3.8, 4) is 0 Å². The van der Waals surface area contributed by atoms with Crippen molar-refractivity contribution in [3.63, 3.8) is 0 Å². The molecule has 2 nitrogen and oxygen atoms in total. The zero-order valence-electron chi connectivity index (χ0n) is 9.04. The Morgan fingerprint density at radius 1 is 1.31 bits per heavy atom. The highest BCUT2D eigenvalue weighted by molar-refractivity contribution is 5.83. The van der Waals surface area contributed by atoms with Crippen molar-refractivity contribution in [2.45, 2.75) is 31.2 Å². The Labute approximate surface area is 93.6 Å². The number of fused-ring (bicyclic) bond motifs is 1. The second kappa shape index (κ2) is 3.59. The van der Waals surface area contributed by atoms with Crippen LogP contribution in [0.3, 0.4) is 0 Å². The van der Waals surface area contributed by atoms with E-state index >= 15 is 0 Å². The van der Waals surface area contributed by atoms with E-state index in [-0.39, 0.29) is 5.82 Å². The number of H-pyrrole nitrogens is 1. The Kier molecular flexibility index (Phi) is 2.21. The lowest BCUT2D eigenvalue weighted by Crippen LogP contribution is -2.14. The van der Waals surface area contributed by atoms with Gasteiger partial charge < -0.3 is 10.7 Å². The Balaban J connectivity index is 2.06. The van der Waals surface area contributed by atoms with Gasteiger partial charge in [-0.2, -0.15) is 0 Å². The maximum absolute atomic E-state index is 13.2. The van der Waals surface area contributed by atoms with E-state index in [1.165, 1.54) is 11.6 Å². The summed E-state index contributed by atoms with van der Waals surface area (Å²) in [7, 11) is 0. The van der Waals surface area contributed by atoms with Gasteiger partial charge in [0.25, 0.3) is 0 Å². The van der Waals surface area contributed by atoms with Crippen molar-refractivity contribution in [3.05, 3.63) is 35.8 Å². The summed E-state index contributed by atoms with van der Waals surface area (Å²) >= 11 is 0. The van der Waals surface area contributed by atoms with Crippen molar-refractivity contribution < 1.29 is 4.39 Å². The second-order valence-electron chi connectivity index (χ2n) is 4.70. The third-order valence-corrected chi connectivity index (χ3v) is 3.59. The van der Waals surface area contributed by atoms with Crippen molar-refractivity contribution in [2.24, 2.45) is 5.73 Å². The molecule has 1 saturated carbocycles. The fourth-order valence-electron chi connectivity index (χ4n) is 2.75. The van der Waals surface area contributed by atoms with Crippen LogP contribution in [0, 0.1) is 5.82 Å². The lowest BCUT2D eigenvalue weighted by atomic mass is 9.97. The Morgan fingerprint density at radius 3 is 2.94 bits per heavy atom. The van der Waals surface area contributed by atoms with Crippen molar-refractivity contribution in [1.29, 1.82) is 0 Å². The number of nitrogens with one attached hydrogen (secondary N) is 1.